The van der Waals surface area contributed by atoms with Gasteiger partial charge >= 0.3 is 17.9 Å². The third-order valence-corrected chi connectivity index (χ3v) is 3.43. The minimum atomic E-state index is -0.601. The van der Waals surface area contributed by atoms with Gasteiger partial charge in [-0.1, -0.05) is 24.3 Å². The molecule has 0 unspecified atom stereocenters. The molecular weight excluding hydrogens is 326 g/mol. The molecule has 1 N–H and O–H groups in total. The van der Waals surface area contributed by atoms with Crippen molar-refractivity contribution in [2.45, 2.75) is 20.8 Å². The second-order valence-electron chi connectivity index (χ2n) is 5.41. The summed E-state index contributed by atoms with van der Waals surface area (Å²) in [5, 5.41) is 1.94. The van der Waals surface area contributed by atoms with E-state index in [1.54, 1.807) is 6.07 Å². The maximum atomic E-state index is 11.5. The highest BCUT2D eigenvalue weighted by atomic mass is 16.6. The second-order valence-corrected chi connectivity index (χ2v) is 5.41. The molecule has 0 aliphatic carbocycles. The largest absolute Gasteiger partial charge is 0.426 e. The van der Waals surface area contributed by atoms with Gasteiger partial charge in [0.2, 0.25) is 11.6 Å². The van der Waals surface area contributed by atoms with Crippen LogP contribution in [-0.4, -0.2) is 22.9 Å². The van der Waals surface area contributed by atoms with E-state index in [1.807, 2.05) is 24.3 Å². The molecule has 1 heterocycles. The third kappa shape index (κ3) is 3.16. The summed E-state index contributed by atoms with van der Waals surface area (Å²) < 4.78 is 15.6. The zero-order valence-electron chi connectivity index (χ0n) is 13.8. The van der Waals surface area contributed by atoms with Crippen LogP contribution >= 0.6 is 0 Å². The molecule has 0 spiro atoms. The smallest absolute Gasteiger partial charge is 0.309 e. The number of ether oxygens (including phenoxy) is 3. The Balaban J connectivity index is 2.41. The van der Waals surface area contributed by atoms with Crippen LogP contribution in [0.25, 0.3) is 21.7 Å². The van der Waals surface area contributed by atoms with Crippen LogP contribution in [0.15, 0.2) is 30.3 Å². The summed E-state index contributed by atoms with van der Waals surface area (Å²) in [6, 6.07) is 9.04. The van der Waals surface area contributed by atoms with Gasteiger partial charge in [-0.05, 0) is 11.5 Å². The number of fused-ring (bicyclic) bond motifs is 3. The lowest BCUT2D eigenvalue weighted by atomic mass is 10.1. The molecule has 0 saturated carbocycles. The number of carbonyl (C=O) groups is 3. The molecule has 2 aromatic carbocycles. The summed E-state index contributed by atoms with van der Waals surface area (Å²) in [7, 11) is 0. The van der Waals surface area contributed by atoms with Crippen molar-refractivity contribution in [1.82, 2.24) is 4.98 Å². The normalized spacial score (nSPS) is 10.7. The molecule has 3 rings (SSSR count). The number of benzene rings is 2. The van der Waals surface area contributed by atoms with Crippen molar-refractivity contribution in [3.8, 4) is 17.4 Å². The fourth-order valence-corrected chi connectivity index (χ4v) is 2.65. The SMILES string of the molecule is CC(=O)Oc1[nH]c2c(c(OC(C)=O)cc3ccccc32)c1OC(C)=O. The van der Waals surface area contributed by atoms with Crippen molar-refractivity contribution in [2.75, 3.05) is 0 Å². The topological polar surface area (TPSA) is 94.7 Å². The molecule has 0 saturated heterocycles. The van der Waals surface area contributed by atoms with Crippen LogP contribution in [0.5, 0.6) is 17.4 Å². The molecule has 0 aliphatic heterocycles. The summed E-state index contributed by atoms with van der Waals surface area (Å²) in [5.41, 5.74) is 0.529. The van der Waals surface area contributed by atoms with Crippen molar-refractivity contribution in [2.24, 2.45) is 0 Å². The van der Waals surface area contributed by atoms with Gasteiger partial charge in [-0.3, -0.25) is 14.4 Å². The van der Waals surface area contributed by atoms with E-state index in [0.29, 0.717) is 10.9 Å². The first-order valence-corrected chi connectivity index (χ1v) is 7.49. The number of rotatable bonds is 3. The Hall–Kier alpha value is -3.35. The maximum Gasteiger partial charge on any atom is 0.309 e. The number of nitrogens with one attached hydrogen (secondary N) is 1. The summed E-state index contributed by atoms with van der Waals surface area (Å²) in [4.78, 5) is 37.3. The standard InChI is InChI=1S/C18H15NO6/c1-9(20)23-14-8-12-6-4-5-7-13(12)16-15(14)17(24-10(2)21)18(19-16)25-11(3)22/h4-8,19H,1-3H3. The minimum absolute atomic E-state index is 0.000275. The van der Waals surface area contributed by atoms with E-state index in [0.717, 1.165) is 10.8 Å². The Labute approximate surface area is 142 Å². The Kier molecular flexibility index (Phi) is 4.14. The lowest BCUT2D eigenvalue weighted by Gasteiger charge is -2.08. The molecule has 0 amide bonds. The molecule has 0 bridgehead atoms. The van der Waals surface area contributed by atoms with Gasteiger partial charge in [0.15, 0.2) is 0 Å². The number of H-pyrrole nitrogens is 1. The van der Waals surface area contributed by atoms with Gasteiger partial charge in [-0.25, -0.2) is 0 Å². The second kappa shape index (κ2) is 6.27. The van der Waals surface area contributed by atoms with Gasteiger partial charge in [0, 0.05) is 26.2 Å². The number of hydrogen-bond donors (Lipinski definition) is 1. The van der Waals surface area contributed by atoms with Crippen LogP contribution in [0.4, 0.5) is 0 Å². The van der Waals surface area contributed by atoms with E-state index in [1.165, 1.54) is 20.8 Å². The van der Waals surface area contributed by atoms with Crippen LogP contribution in [0, 0.1) is 0 Å². The lowest BCUT2D eigenvalue weighted by Crippen LogP contribution is -2.07. The van der Waals surface area contributed by atoms with Gasteiger partial charge in [-0.15, -0.1) is 0 Å². The fourth-order valence-electron chi connectivity index (χ4n) is 2.65. The molecule has 25 heavy (non-hydrogen) atoms. The van der Waals surface area contributed by atoms with E-state index in [-0.39, 0.29) is 17.4 Å². The Morgan fingerprint density at radius 3 is 2.16 bits per heavy atom. The van der Waals surface area contributed by atoms with E-state index in [4.69, 9.17) is 14.2 Å². The first kappa shape index (κ1) is 16.5. The molecule has 7 nitrogen and oxygen atoms in total. The van der Waals surface area contributed by atoms with E-state index in [2.05, 4.69) is 4.98 Å². The molecule has 3 aromatic rings. The summed E-state index contributed by atoms with van der Waals surface area (Å²) in [5.74, 6) is -1.54. The number of aromatic amines is 1. The summed E-state index contributed by atoms with van der Waals surface area (Å²) >= 11 is 0. The van der Waals surface area contributed by atoms with Crippen molar-refractivity contribution in [3.05, 3.63) is 30.3 Å². The predicted octanol–water partition coefficient (Wildman–Crippen LogP) is 3.10. The highest BCUT2D eigenvalue weighted by Gasteiger charge is 2.24. The van der Waals surface area contributed by atoms with E-state index in [9.17, 15) is 14.4 Å². The zero-order chi connectivity index (χ0) is 18.1. The van der Waals surface area contributed by atoms with Crippen LogP contribution in [0.1, 0.15) is 20.8 Å². The van der Waals surface area contributed by atoms with Crippen molar-refractivity contribution in [3.63, 3.8) is 0 Å². The minimum Gasteiger partial charge on any atom is -0.426 e. The van der Waals surface area contributed by atoms with Gasteiger partial charge < -0.3 is 19.2 Å². The quantitative estimate of drug-likeness (QED) is 0.581. The summed E-state index contributed by atoms with van der Waals surface area (Å²) in [6.45, 7) is 3.73. The molecule has 0 atom stereocenters. The predicted molar refractivity (Wildman–Crippen MR) is 89.7 cm³/mol. The zero-order valence-corrected chi connectivity index (χ0v) is 13.8. The van der Waals surface area contributed by atoms with Gasteiger partial charge in [-0.2, -0.15) is 0 Å². The highest BCUT2D eigenvalue weighted by molar-refractivity contribution is 6.13. The maximum absolute atomic E-state index is 11.5. The number of carbonyl (C=O) groups excluding carboxylic acids is 3. The fraction of sp³-hybridized carbons (Fsp3) is 0.167. The van der Waals surface area contributed by atoms with Gasteiger partial charge in [0.25, 0.3) is 0 Å². The molecular formula is C18H15NO6. The van der Waals surface area contributed by atoms with Gasteiger partial charge in [0.05, 0.1) is 10.9 Å². The van der Waals surface area contributed by atoms with Crippen LogP contribution < -0.4 is 14.2 Å². The molecule has 0 fully saturated rings. The Morgan fingerprint density at radius 2 is 1.52 bits per heavy atom. The average molecular weight is 341 g/mol. The first-order valence-electron chi connectivity index (χ1n) is 7.49. The molecule has 0 radical (unpaired) electrons. The third-order valence-electron chi connectivity index (χ3n) is 3.43. The molecule has 7 heteroatoms. The first-order chi connectivity index (χ1) is 11.9. The Bertz CT molecular complexity index is 1020. The summed E-state index contributed by atoms with van der Waals surface area (Å²) in [6.07, 6.45) is 0. The van der Waals surface area contributed by atoms with Crippen molar-refractivity contribution < 1.29 is 28.6 Å². The lowest BCUT2D eigenvalue weighted by molar-refractivity contribution is -0.134. The molecule has 0 aliphatic rings. The number of esters is 3. The number of hydrogen-bond acceptors (Lipinski definition) is 6. The van der Waals surface area contributed by atoms with E-state index < -0.39 is 17.9 Å². The monoisotopic (exact) mass is 341 g/mol. The van der Waals surface area contributed by atoms with E-state index >= 15 is 0 Å². The Morgan fingerprint density at radius 1 is 0.880 bits per heavy atom. The van der Waals surface area contributed by atoms with Crippen molar-refractivity contribution >= 4 is 39.6 Å². The molecule has 128 valence electrons. The van der Waals surface area contributed by atoms with Crippen LogP contribution in [0.2, 0.25) is 0 Å². The van der Waals surface area contributed by atoms with Crippen molar-refractivity contribution in [1.29, 1.82) is 0 Å². The number of aromatic nitrogens is 1. The highest BCUT2D eigenvalue weighted by Crippen LogP contribution is 2.45. The average Bonchev–Trinajstić information content (AvgIpc) is 2.84. The van der Waals surface area contributed by atoms with Gasteiger partial charge in [0.1, 0.15) is 5.75 Å². The van der Waals surface area contributed by atoms with Crippen LogP contribution in [0.3, 0.4) is 0 Å². The van der Waals surface area contributed by atoms with Crippen LogP contribution in [-0.2, 0) is 14.4 Å². The molecule has 1 aromatic heterocycles.